The Kier molecular flexibility index (Phi) is 4.22. The molecule has 1 N–H and O–H groups in total. The van der Waals surface area contributed by atoms with Gasteiger partial charge in [-0.25, -0.2) is 0 Å². The zero-order valence-corrected chi connectivity index (χ0v) is 12.5. The molecule has 2 rings (SSSR count). The molecule has 0 fully saturated rings. The summed E-state index contributed by atoms with van der Waals surface area (Å²) in [7, 11) is 0. The number of amides is 1. The largest absolute Gasteiger partial charge is 0.350 e. The van der Waals surface area contributed by atoms with E-state index < -0.39 is 0 Å². The van der Waals surface area contributed by atoms with Crippen LogP contribution in [0, 0.1) is 20.8 Å². The topological polar surface area (TPSA) is 64.7 Å². The van der Waals surface area contributed by atoms with Crippen LogP contribution in [0.3, 0.4) is 0 Å². The van der Waals surface area contributed by atoms with E-state index in [1.807, 2.05) is 44.6 Å². The van der Waals surface area contributed by atoms with Gasteiger partial charge in [-0.1, -0.05) is 0 Å². The number of nitrogens with zero attached hydrogens (tertiary/aromatic N) is 4. The predicted molar refractivity (Wildman–Crippen MR) is 76.2 cm³/mol. The summed E-state index contributed by atoms with van der Waals surface area (Å²) in [5.41, 5.74) is 4.07. The zero-order chi connectivity index (χ0) is 14.7. The van der Waals surface area contributed by atoms with Crippen molar-refractivity contribution in [1.29, 1.82) is 0 Å². The normalized spacial score (nSPS) is 10.8. The Labute approximate surface area is 118 Å². The summed E-state index contributed by atoms with van der Waals surface area (Å²) in [5.74, 6) is -0.0418. The molecule has 0 aliphatic carbocycles. The van der Waals surface area contributed by atoms with Crippen molar-refractivity contribution in [3.8, 4) is 0 Å². The van der Waals surface area contributed by atoms with Gasteiger partial charge < -0.3 is 5.32 Å². The molecule has 0 atom stereocenters. The minimum Gasteiger partial charge on any atom is -0.350 e. The van der Waals surface area contributed by atoms with E-state index in [4.69, 9.17) is 0 Å². The number of hydrogen-bond acceptors (Lipinski definition) is 3. The van der Waals surface area contributed by atoms with Crippen molar-refractivity contribution in [1.82, 2.24) is 24.9 Å². The fourth-order valence-electron chi connectivity index (χ4n) is 2.20. The van der Waals surface area contributed by atoms with Gasteiger partial charge in [0.25, 0.3) is 0 Å². The third-order valence-electron chi connectivity index (χ3n) is 3.38. The molecule has 0 saturated carbocycles. The van der Waals surface area contributed by atoms with Crippen LogP contribution in [0.2, 0.25) is 0 Å². The fourth-order valence-corrected chi connectivity index (χ4v) is 2.20. The van der Waals surface area contributed by atoms with Gasteiger partial charge >= 0.3 is 0 Å². The van der Waals surface area contributed by atoms with Crippen molar-refractivity contribution >= 4 is 5.91 Å². The molecule has 2 aromatic heterocycles. The molecule has 0 bridgehead atoms. The van der Waals surface area contributed by atoms with Gasteiger partial charge in [0.05, 0.1) is 11.9 Å². The first-order valence-corrected chi connectivity index (χ1v) is 6.80. The van der Waals surface area contributed by atoms with E-state index in [9.17, 15) is 4.79 Å². The van der Waals surface area contributed by atoms with Crippen LogP contribution in [0.1, 0.15) is 29.6 Å². The monoisotopic (exact) mass is 275 g/mol. The summed E-state index contributed by atoms with van der Waals surface area (Å²) in [5, 5.41) is 11.4. The molecule has 108 valence electrons. The lowest BCUT2D eigenvalue weighted by Crippen LogP contribution is -2.28. The lowest BCUT2D eigenvalue weighted by Gasteiger charge is -2.07. The fraction of sp³-hybridized carbons (Fsp3) is 0.500. The van der Waals surface area contributed by atoms with Gasteiger partial charge in [0.15, 0.2) is 0 Å². The molecule has 6 nitrogen and oxygen atoms in total. The second-order valence-corrected chi connectivity index (χ2v) is 4.93. The lowest BCUT2D eigenvalue weighted by molar-refractivity contribution is -0.122. The smallest absolute Gasteiger partial charge is 0.242 e. The highest BCUT2D eigenvalue weighted by molar-refractivity contribution is 5.75. The Hall–Kier alpha value is -2.11. The summed E-state index contributed by atoms with van der Waals surface area (Å²) in [6.45, 7) is 9.52. The number of nitrogens with one attached hydrogen (secondary N) is 1. The number of aromatic nitrogens is 4. The minimum atomic E-state index is -0.0418. The van der Waals surface area contributed by atoms with Crippen molar-refractivity contribution in [2.75, 3.05) is 0 Å². The molecule has 0 radical (unpaired) electrons. The average Bonchev–Trinajstić information content (AvgIpc) is 2.90. The van der Waals surface area contributed by atoms with E-state index in [-0.39, 0.29) is 12.5 Å². The quantitative estimate of drug-likeness (QED) is 0.895. The van der Waals surface area contributed by atoms with E-state index >= 15 is 0 Å². The number of rotatable bonds is 5. The van der Waals surface area contributed by atoms with E-state index in [1.54, 1.807) is 4.68 Å². The molecule has 0 aliphatic heterocycles. The van der Waals surface area contributed by atoms with E-state index in [2.05, 4.69) is 15.5 Å². The summed E-state index contributed by atoms with van der Waals surface area (Å²) >= 11 is 0. The van der Waals surface area contributed by atoms with Gasteiger partial charge in [0.2, 0.25) is 5.91 Å². The molecule has 2 aromatic rings. The number of aryl methyl sites for hydroxylation is 3. The maximum atomic E-state index is 11.9. The van der Waals surface area contributed by atoms with Crippen LogP contribution in [-0.2, 0) is 24.4 Å². The summed E-state index contributed by atoms with van der Waals surface area (Å²) in [6.07, 6.45) is 1.81. The molecule has 0 unspecified atom stereocenters. The number of hydrogen-bond donors (Lipinski definition) is 1. The van der Waals surface area contributed by atoms with Crippen LogP contribution in [0.5, 0.6) is 0 Å². The first kappa shape index (κ1) is 14.3. The van der Waals surface area contributed by atoms with Gasteiger partial charge in [-0.05, 0) is 33.8 Å². The van der Waals surface area contributed by atoms with Gasteiger partial charge in [0.1, 0.15) is 6.54 Å². The van der Waals surface area contributed by atoms with Crippen LogP contribution in [0.25, 0.3) is 0 Å². The molecular weight excluding hydrogens is 254 g/mol. The number of carbonyl (C=O) groups excluding carboxylic acids is 1. The average molecular weight is 275 g/mol. The standard InChI is InChI=1S/C14H21N5O/c1-5-18-12(4)13(8-16-18)7-15-14(20)9-19-11(3)6-10(2)17-19/h6,8H,5,7,9H2,1-4H3,(H,15,20). The highest BCUT2D eigenvalue weighted by atomic mass is 16.2. The predicted octanol–water partition coefficient (Wildman–Crippen LogP) is 1.34. The molecule has 1 amide bonds. The SMILES string of the molecule is CCn1ncc(CNC(=O)Cn2nc(C)cc2C)c1C. The summed E-state index contributed by atoms with van der Waals surface area (Å²) < 4.78 is 3.63. The van der Waals surface area contributed by atoms with Gasteiger partial charge in [-0.3, -0.25) is 14.2 Å². The van der Waals surface area contributed by atoms with Gasteiger partial charge in [-0.2, -0.15) is 10.2 Å². The maximum absolute atomic E-state index is 11.9. The third-order valence-corrected chi connectivity index (χ3v) is 3.38. The third kappa shape index (κ3) is 3.07. The Morgan fingerprint density at radius 3 is 2.60 bits per heavy atom. The van der Waals surface area contributed by atoms with Crippen molar-refractivity contribution in [3.05, 3.63) is 34.9 Å². The molecule has 0 saturated heterocycles. The minimum absolute atomic E-state index is 0.0418. The summed E-state index contributed by atoms with van der Waals surface area (Å²) in [4.78, 5) is 11.9. The van der Waals surface area contributed by atoms with Crippen LogP contribution in [0.4, 0.5) is 0 Å². The Bertz CT molecular complexity index is 611. The highest BCUT2D eigenvalue weighted by Gasteiger charge is 2.09. The van der Waals surface area contributed by atoms with Crippen molar-refractivity contribution in [2.45, 2.75) is 47.3 Å². The second kappa shape index (κ2) is 5.90. The molecule has 2 heterocycles. The van der Waals surface area contributed by atoms with E-state index in [1.165, 1.54) is 0 Å². The van der Waals surface area contributed by atoms with Crippen LogP contribution in [-0.4, -0.2) is 25.5 Å². The van der Waals surface area contributed by atoms with Crippen molar-refractivity contribution in [3.63, 3.8) is 0 Å². The lowest BCUT2D eigenvalue weighted by atomic mass is 10.2. The van der Waals surface area contributed by atoms with Crippen LogP contribution >= 0.6 is 0 Å². The van der Waals surface area contributed by atoms with Crippen molar-refractivity contribution < 1.29 is 4.79 Å². The Balaban J connectivity index is 1.92. The molecule has 20 heavy (non-hydrogen) atoms. The molecular formula is C14H21N5O. The van der Waals surface area contributed by atoms with E-state index in [0.29, 0.717) is 6.54 Å². The molecule has 6 heteroatoms. The van der Waals surface area contributed by atoms with Crippen molar-refractivity contribution in [2.24, 2.45) is 0 Å². The first-order chi connectivity index (χ1) is 9.51. The van der Waals surface area contributed by atoms with Gasteiger partial charge in [-0.15, -0.1) is 0 Å². The molecule has 0 spiro atoms. The highest BCUT2D eigenvalue weighted by Crippen LogP contribution is 2.06. The van der Waals surface area contributed by atoms with Crippen LogP contribution in [0.15, 0.2) is 12.3 Å². The Morgan fingerprint density at radius 1 is 1.30 bits per heavy atom. The molecule has 0 aromatic carbocycles. The van der Waals surface area contributed by atoms with Gasteiger partial charge in [0, 0.05) is 30.0 Å². The Morgan fingerprint density at radius 2 is 2.05 bits per heavy atom. The second-order valence-electron chi connectivity index (χ2n) is 4.93. The first-order valence-electron chi connectivity index (χ1n) is 6.80. The zero-order valence-electron chi connectivity index (χ0n) is 12.5. The van der Waals surface area contributed by atoms with Crippen LogP contribution < -0.4 is 5.32 Å². The maximum Gasteiger partial charge on any atom is 0.242 e. The van der Waals surface area contributed by atoms with E-state index in [0.717, 1.165) is 29.2 Å². The molecule has 0 aliphatic rings. The number of carbonyl (C=O) groups is 1. The summed E-state index contributed by atoms with van der Waals surface area (Å²) in [6, 6.07) is 1.96.